The molecule has 1 heterocycles. The Bertz CT molecular complexity index is 1480. The summed E-state index contributed by atoms with van der Waals surface area (Å²) in [6.45, 7) is 0. The lowest BCUT2D eigenvalue weighted by molar-refractivity contribution is -0.116. The smallest absolute Gasteiger partial charge is 0.337 e. The molecule has 180 valence electrons. The molecule has 1 amide bonds. The maximum absolute atomic E-state index is 13.9. The van der Waals surface area contributed by atoms with Crippen LogP contribution in [0.25, 0.3) is 11.3 Å². The Morgan fingerprint density at radius 3 is 2.50 bits per heavy atom. The first-order chi connectivity index (χ1) is 17.4. The predicted octanol–water partition coefficient (Wildman–Crippen LogP) is 5.38. The second-order valence-electron chi connectivity index (χ2n) is 7.69. The van der Waals surface area contributed by atoms with Crippen LogP contribution in [0.5, 0.6) is 0 Å². The fraction of sp³-hybridized carbons (Fsp3) is 0.107. The molecule has 0 atom stereocenters. The fourth-order valence-corrected chi connectivity index (χ4v) is 3.34. The largest absolute Gasteiger partial charge is 0.465 e. The van der Waals surface area contributed by atoms with E-state index in [1.54, 1.807) is 48.5 Å². The van der Waals surface area contributed by atoms with Crippen molar-refractivity contribution in [3.63, 3.8) is 0 Å². The van der Waals surface area contributed by atoms with Crippen molar-refractivity contribution in [1.82, 2.24) is 4.98 Å². The summed E-state index contributed by atoms with van der Waals surface area (Å²) in [5, 5.41) is 2.80. The minimum absolute atomic E-state index is 0.0854. The van der Waals surface area contributed by atoms with Crippen LogP contribution in [0.15, 0.2) is 77.3 Å². The van der Waals surface area contributed by atoms with Crippen molar-refractivity contribution >= 4 is 17.6 Å². The summed E-state index contributed by atoms with van der Waals surface area (Å²) in [7, 11) is 1.32. The number of methoxy groups -OCH3 is 1. The summed E-state index contributed by atoms with van der Waals surface area (Å²) in [6, 6.07) is 17.0. The molecule has 1 N–H and O–H groups in total. The lowest BCUT2D eigenvalue weighted by Crippen LogP contribution is -2.12. The first-order valence-corrected chi connectivity index (χ1v) is 10.9. The second-order valence-corrected chi connectivity index (χ2v) is 7.69. The molecule has 1 aromatic heterocycles. The molecule has 0 aliphatic rings. The molecule has 0 aliphatic heterocycles. The zero-order valence-electron chi connectivity index (χ0n) is 19.2. The lowest BCUT2D eigenvalue weighted by Gasteiger charge is -2.05. The lowest BCUT2D eigenvalue weighted by atomic mass is 10.1. The number of nitrogens with one attached hydrogen (secondary N) is 1. The standard InChI is InChI=1S/C28H20F2N2O4/c1-35-28(34)20-6-2-4-18(14-20)8-9-19-5-3-7-22(15-19)32-26(33)12-13-27-31-17-25(36-27)23-11-10-21(29)16-24(23)30/h2-7,10-11,14-17H,12-13H2,1H3,(H,32,33). The van der Waals surface area contributed by atoms with Gasteiger partial charge < -0.3 is 14.5 Å². The Morgan fingerprint density at radius 1 is 1.00 bits per heavy atom. The van der Waals surface area contributed by atoms with E-state index in [0.717, 1.165) is 12.1 Å². The highest BCUT2D eigenvalue weighted by atomic mass is 19.1. The Hall–Kier alpha value is -4.77. The number of benzene rings is 3. The van der Waals surface area contributed by atoms with Gasteiger partial charge >= 0.3 is 5.97 Å². The van der Waals surface area contributed by atoms with Gasteiger partial charge in [-0.1, -0.05) is 24.0 Å². The maximum atomic E-state index is 13.9. The Morgan fingerprint density at radius 2 is 1.75 bits per heavy atom. The molecule has 8 heteroatoms. The van der Waals surface area contributed by atoms with Crippen LogP contribution in [0, 0.1) is 23.5 Å². The van der Waals surface area contributed by atoms with Crippen LogP contribution in [0.4, 0.5) is 14.5 Å². The molecule has 0 spiro atoms. The van der Waals surface area contributed by atoms with Gasteiger partial charge in [0.05, 0.1) is 24.4 Å². The molecule has 0 saturated heterocycles. The van der Waals surface area contributed by atoms with Crippen molar-refractivity contribution in [2.24, 2.45) is 0 Å². The number of aryl methyl sites for hydroxylation is 1. The number of nitrogens with zero attached hydrogens (tertiary/aromatic N) is 1. The third-order valence-corrected chi connectivity index (χ3v) is 5.10. The molecule has 0 saturated carbocycles. The first kappa shape index (κ1) is 24.4. The van der Waals surface area contributed by atoms with Gasteiger partial charge in [0.15, 0.2) is 11.7 Å². The average Bonchev–Trinajstić information content (AvgIpc) is 3.35. The topological polar surface area (TPSA) is 81.4 Å². The summed E-state index contributed by atoms with van der Waals surface area (Å²) >= 11 is 0. The van der Waals surface area contributed by atoms with Crippen LogP contribution < -0.4 is 5.32 Å². The number of carbonyl (C=O) groups excluding carboxylic acids is 2. The van der Waals surface area contributed by atoms with Gasteiger partial charge in [0.25, 0.3) is 0 Å². The van der Waals surface area contributed by atoms with Gasteiger partial charge in [0.1, 0.15) is 11.6 Å². The zero-order valence-corrected chi connectivity index (χ0v) is 19.2. The molecule has 0 aliphatic carbocycles. The van der Waals surface area contributed by atoms with Gasteiger partial charge in [0.2, 0.25) is 5.91 Å². The Balaban J connectivity index is 1.36. The zero-order chi connectivity index (χ0) is 25.5. The third-order valence-electron chi connectivity index (χ3n) is 5.10. The van der Waals surface area contributed by atoms with E-state index in [-0.39, 0.29) is 36.0 Å². The summed E-state index contributed by atoms with van der Waals surface area (Å²) in [6.07, 6.45) is 1.62. The number of rotatable bonds is 6. The monoisotopic (exact) mass is 486 g/mol. The summed E-state index contributed by atoms with van der Waals surface area (Å²) in [5.74, 6) is 4.28. The van der Waals surface area contributed by atoms with E-state index < -0.39 is 17.6 Å². The molecule has 0 radical (unpaired) electrons. The highest BCUT2D eigenvalue weighted by Crippen LogP contribution is 2.24. The van der Waals surface area contributed by atoms with Crippen molar-refractivity contribution in [2.45, 2.75) is 12.8 Å². The van der Waals surface area contributed by atoms with E-state index in [1.165, 1.54) is 19.4 Å². The third kappa shape index (κ3) is 6.21. The normalized spacial score (nSPS) is 10.3. The van der Waals surface area contributed by atoms with Crippen LogP contribution in [0.3, 0.4) is 0 Å². The number of hydrogen-bond donors (Lipinski definition) is 1. The molecule has 4 rings (SSSR count). The van der Waals surface area contributed by atoms with Crippen LogP contribution in [0.2, 0.25) is 0 Å². The number of carbonyl (C=O) groups is 2. The number of esters is 1. The van der Waals surface area contributed by atoms with E-state index in [0.29, 0.717) is 22.4 Å². The molecule has 0 unspecified atom stereocenters. The number of oxazole rings is 1. The van der Waals surface area contributed by atoms with E-state index in [9.17, 15) is 18.4 Å². The fourth-order valence-electron chi connectivity index (χ4n) is 3.34. The first-order valence-electron chi connectivity index (χ1n) is 10.9. The highest BCUT2D eigenvalue weighted by molar-refractivity contribution is 5.91. The number of ether oxygens (including phenoxy) is 1. The Kier molecular flexibility index (Phi) is 7.51. The quantitative estimate of drug-likeness (QED) is 0.292. The number of hydrogen-bond acceptors (Lipinski definition) is 5. The summed E-state index contributed by atoms with van der Waals surface area (Å²) < 4.78 is 37.3. The van der Waals surface area contributed by atoms with E-state index in [4.69, 9.17) is 9.15 Å². The summed E-state index contributed by atoms with van der Waals surface area (Å²) in [5.41, 5.74) is 2.39. The van der Waals surface area contributed by atoms with Crippen molar-refractivity contribution < 1.29 is 27.5 Å². The molecular weight excluding hydrogens is 466 g/mol. The molecule has 4 aromatic rings. The van der Waals surface area contributed by atoms with E-state index in [2.05, 4.69) is 22.1 Å². The second kappa shape index (κ2) is 11.1. The maximum Gasteiger partial charge on any atom is 0.337 e. The van der Waals surface area contributed by atoms with E-state index in [1.807, 2.05) is 0 Å². The van der Waals surface area contributed by atoms with Crippen LogP contribution in [-0.2, 0) is 16.0 Å². The molecule has 0 bridgehead atoms. The van der Waals surface area contributed by atoms with Crippen LogP contribution >= 0.6 is 0 Å². The molecule has 6 nitrogen and oxygen atoms in total. The molecule has 0 fully saturated rings. The summed E-state index contributed by atoms with van der Waals surface area (Å²) in [4.78, 5) is 28.2. The molecule has 3 aromatic carbocycles. The number of aromatic nitrogens is 1. The van der Waals surface area contributed by atoms with E-state index >= 15 is 0 Å². The number of halogens is 2. The van der Waals surface area contributed by atoms with Gasteiger partial charge in [-0.2, -0.15) is 0 Å². The van der Waals surface area contributed by atoms with Gasteiger partial charge in [-0.05, 0) is 48.5 Å². The van der Waals surface area contributed by atoms with Crippen LogP contribution in [0.1, 0.15) is 33.8 Å². The number of anilines is 1. The molecular formula is C28H20F2N2O4. The predicted molar refractivity (Wildman–Crippen MR) is 129 cm³/mol. The van der Waals surface area contributed by atoms with Gasteiger partial charge in [-0.15, -0.1) is 0 Å². The van der Waals surface area contributed by atoms with Crippen molar-refractivity contribution in [1.29, 1.82) is 0 Å². The minimum Gasteiger partial charge on any atom is -0.465 e. The minimum atomic E-state index is -0.755. The Labute approximate surface area is 205 Å². The van der Waals surface area contributed by atoms with Crippen molar-refractivity contribution in [3.8, 4) is 23.2 Å². The van der Waals surface area contributed by atoms with Crippen LogP contribution in [-0.4, -0.2) is 24.0 Å². The number of amides is 1. The van der Waals surface area contributed by atoms with Crippen molar-refractivity contribution in [3.05, 3.63) is 107 Å². The van der Waals surface area contributed by atoms with Crippen molar-refractivity contribution in [2.75, 3.05) is 12.4 Å². The van der Waals surface area contributed by atoms with Gasteiger partial charge in [-0.3, -0.25) is 4.79 Å². The average molecular weight is 486 g/mol. The van der Waals surface area contributed by atoms with Gasteiger partial charge in [-0.25, -0.2) is 18.6 Å². The SMILES string of the molecule is COC(=O)c1cccc(C#Cc2cccc(NC(=O)CCc3ncc(-c4ccc(F)cc4F)o3)c2)c1. The highest BCUT2D eigenvalue weighted by Gasteiger charge is 2.13. The van der Waals surface area contributed by atoms with Gasteiger partial charge in [0, 0.05) is 35.7 Å². The molecule has 36 heavy (non-hydrogen) atoms.